The number of hydrogen-bond donors (Lipinski definition) is 2. The number of anilines is 1. The van der Waals surface area contributed by atoms with Crippen LogP contribution < -0.4 is 16.2 Å². The molecule has 3 aromatic heterocycles. The van der Waals surface area contributed by atoms with Gasteiger partial charge in [0.15, 0.2) is 0 Å². The van der Waals surface area contributed by atoms with Gasteiger partial charge >= 0.3 is 0 Å². The number of morpholine rings is 1. The van der Waals surface area contributed by atoms with Crippen molar-refractivity contribution in [3.05, 3.63) is 63.9 Å². The van der Waals surface area contributed by atoms with Crippen LogP contribution in [0.5, 0.6) is 0 Å². The lowest BCUT2D eigenvalue weighted by molar-refractivity contribution is 0.0183. The third-order valence-electron chi connectivity index (χ3n) is 6.50. The van der Waals surface area contributed by atoms with Gasteiger partial charge in [-0.3, -0.25) is 14.3 Å². The molecule has 0 amide bonds. The summed E-state index contributed by atoms with van der Waals surface area (Å²) in [5, 5.41) is 7.77. The van der Waals surface area contributed by atoms with Crippen LogP contribution in [0.3, 0.4) is 0 Å². The molecule has 0 saturated carbocycles. The third kappa shape index (κ3) is 4.93. The van der Waals surface area contributed by atoms with Gasteiger partial charge in [-0.25, -0.2) is 9.97 Å². The third-order valence-corrected chi connectivity index (χ3v) is 6.81. The number of rotatable bonds is 6. The Labute approximate surface area is 218 Å². The molecule has 2 fully saturated rings. The van der Waals surface area contributed by atoms with Crippen LogP contribution in [0.15, 0.2) is 47.7 Å². The van der Waals surface area contributed by atoms with Crippen molar-refractivity contribution >= 4 is 28.6 Å². The summed E-state index contributed by atoms with van der Waals surface area (Å²) in [6.07, 6.45) is 4.96. The second-order valence-corrected chi connectivity index (χ2v) is 9.67. The summed E-state index contributed by atoms with van der Waals surface area (Å²) in [5.41, 5.74) is 3.81. The summed E-state index contributed by atoms with van der Waals surface area (Å²) in [6, 6.07) is 7.53. The SMILES string of the molecule is Cc1cncc(-c2ccc(-c3cc4cnc(NC5COC5)nc4n(C[C@H]4CNCCO4)c3=O)c(Cl)c2)n1. The molecule has 2 aliphatic rings. The van der Waals surface area contributed by atoms with E-state index in [1.165, 1.54) is 0 Å². The maximum Gasteiger partial charge on any atom is 0.260 e. The number of hydrogen-bond acceptors (Lipinski definition) is 9. The maximum atomic E-state index is 13.9. The molecule has 0 bridgehead atoms. The van der Waals surface area contributed by atoms with Crippen LogP contribution >= 0.6 is 11.6 Å². The topological polar surface area (TPSA) is 116 Å². The van der Waals surface area contributed by atoms with Crippen molar-refractivity contribution < 1.29 is 9.47 Å². The Balaban J connectivity index is 1.44. The molecule has 37 heavy (non-hydrogen) atoms. The lowest BCUT2D eigenvalue weighted by atomic mass is 10.0. The van der Waals surface area contributed by atoms with Gasteiger partial charge < -0.3 is 20.1 Å². The largest absolute Gasteiger partial charge is 0.377 e. The second kappa shape index (κ2) is 10.1. The van der Waals surface area contributed by atoms with Crippen molar-refractivity contribution in [2.24, 2.45) is 0 Å². The Morgan fingerprint density at radius 1 is 1.16 bits per heavy atom. The number of nitrogens with one attached hydrogen (secondary N) is 2. The highest BCUT2D eigenvalue weighted by Crippen LogP contribution is 2.31. The van der Waals surface area contributed by atoms with Crippen LogP contribution in [0, 0.1) is 6.92 Å². The summed E-state index contributed by atoms with van der Waals surface area (Å²) < 4.78 is 12.8. The van der Waals surface area contributed by atoms with Crippen LogP contribution in [0.1, 0.15) is 5.69 Å². The van der Waals surface area contributed by atoms with Crippen LogP contribution in [0.4, 0.5) is 5.95 Å². The first-order valence-electron chi connectivity index (χ1n) is 12.2. The van der Waals surface area contributed by atoms with E-state index in [-0.39, 0.29) is 17.7 Å². The molecule has 11 heteroatoms. The minimum atomic E-state index is -0.191. The first kappa shape index (κ1) is 23.9. The van der Waals surface area contributed by atoms with Crippen LogP contribution in [0.25, 0.3) is 33.4 Å². The molecule has 1 aromatic carbocycles. The summed E-state index contributed by atoms with van der Waals surface area (Å²) in [7, 11) is 0. The van der Waals surface area contributed by atoms with E-state index in [9.17, 15) is 4.79 Å². The summed E-state index contributed by atoms with van der Waals surface area (Å²) in [5.74, 6) is 0.464. The molecule has 6 rings (SSSR count). The van der Waals surface area contributed by atoms with Gasteiger partial charge in [-0.1, -0.05) is 23.7 Å². The molecule has 2 saturated heterocycles. The maximum absolute atomic E-state index is 13.9. The highest BCUT2D eigenvalue weighted by atomic mass is 35.5. The molecule has 190 valence electrons. The number of fused-ring (bicyclic) bond motifs is 1. The van der Waals surface area contributed by atoms with E-state index < -0.39 is 0 Å². The Bertz CT molecular complexity index is 1520. The summed E-state index contributed by atoms with van der Waals surface area (Å²) >= 11 is 6.74. The molecule has 0 radical (unpaired) electrons. The lowest BCUT2D eigenvalue weighted by Gasteiger charge is -2.27. The monoisotopic (exact) mass is 519 g/mol. The van der Waals surface area contributed by atoms with Crippen molar-refractivity contribution in [1.29, 1.82) is 0 Å². The Morgan fingerprint density at radius 3 is 2.78 bits per heavy atom. The average molecular weight is 520 g/mol. The van der Waals surface area contributed by atoms with Crippen molar-refractivity contribution in [1.82, 2.24) is 29.8 Å². The Hall–Kier alpha value is -3.44. The molecular weight excluding hydrogens is 494 g/mol. The number of halogens is 1. The molecule has 5 heterocycles. The van der Waals surface area contributed by atoms with Crippen molar-refractivity contribution in [3.8, 4) is 22.4 Å². The molecule has 2 N–H and O–H groups in total. The van der Waals surface area contributed by atoms with Gasteiger partial charge in [0.1, 0.15) is 5.65 Å². The predicted molar refractivity (Wildman–Crippen MR) is 141 cm³/mol. The van der Waals surface area contributed by atoms with Gasteiger partial charge in [0, 0.05) is 52.6 Å². The summed E-state index contributed by atoms with van der Waals surface area (Å²) in [6.45, 7) is 5.50. The van der Waals surface area contributed by atoms with Crippen molar-refractivity contribution in [2.45, 2.75) is 25.6 Å². The van der Waals surface area contributed by atoms with Gasteiger partial charge in [0.25, 0.3) is 5.56 Å². The number of pyridine rings is 1. The smallest absolute Gasteiger partial charge is 0.260 e. The Morgan fingerprint density at radius 2 is 2.05 bits per heavy atom. The van der Waals surface area contributed by atoms with Crippen LogP contribution in [-0.4, -0.2) is 69.6 Å². The fourth-order valence-electron chi connectivity index (χ4n) is 4.53. The van der Waals surface area contributed by atoms with Gasteiger partial charge in [0.05, 0.1) is 56.1 Å². The van der Waals surface area contributed by atoms with E-state index >= 15 is 0 Å². The van der Waals surface area contributed by atoms with Gasteiger partial charge in [-0.15, -0.1) is 0 Å². The first-order valence-corrected chi connectivity index (χ1v) is 12.6. The van der Waals surface area contributed by atoms with Crippen molar-refractivity contribution in [2.75, 3.05) is 38.2 Å². The molecule has 2 aliphatic heterocycles. The second-order valence-electron chi connectivity index (χ2n) is 9.26. The predicted octanol–water partition coefficient (Wildman–Crippen LogP) is 2.68. The van der Waals surface area contributed by atoms with E-state index in [1.807, 2.05) is 25.1 Å². The van der Waals surface area contributed by atoms with Gasteiger partial charge in [-0.05, 0) is 19.1 Å². The number of benzene rings is 1. The quantitative estimate of drug-likeness (QED) is 0.396. The van der Waals surface area contributed by atoms with E-state index in [4.69, 9.17) is 26.1 Å². The molecule has 0 spiro atoms. The molecule has 10 nitrogen and oxygen atoms in total. The normalized spacial score (nSPS) is 18.1. The fraction of sp³-hybridized carbons (Fsp3) is 0.346. The molecular formula is C26H26ClN7O3. The number of ether oxygens (including phenoxy) is 2. The standard InChI is InChI=1S/C26H26ClN7O3/c1-15-8-29-11-23(31-15)16-2-3-20(22(27)7-16)21-6-17-9-30-26(32-18-13-36-14-18)33-24(17)34(25(21)35)12-19-10-28-4-5-37-19/h2-3,6-9,11,18-19,28H,4-5,10,12-14H2,1H3,(H,30,32,33)/t19-/m1/s1. The van der Waals surface area contributed by atoms with E-state index in [0.29, 0.717) is 60.7 Å². The summed E-state index contributed by atoms with van der Waals surface area (Å²) in [4.78, 5) is 31.8. The van der Waals surface area contributed by atoms with Crippen molar-refractivity contribution in [3.63, 3.8) is 0 Å². The minimum Gasteiger partial charge on any atom is -0.377 e. The lowest BCUT2D eigenvalue weighted by Crippen LogP contribution is -2.42. The van der Waals surface area contributed by atoms with E-state index in [1.54, 1.807) is 29.2 Å². The zero-order valence-electron chi connectivity index (χ0n) is 20.3. The van der Waals surface area contributed by atoms with E-state index in [0.717, 1.165) is 28.9 Å². The van der Waals surface area contributed by atoms with Crippen LogP contribution in [0.2, 0.25) is 5.02 Å². The fourth-order valence-corrected chi connectivity index (χ4v) is 4.81. The molecule has 4 aromatic rings. The van der Waals surface area contributed by atoms with E-state index in [2.05, 4.69) is 25.6 Å². The zero-order chi connectivity index (χ0) is 25.4. The highest BCUT2D eigenvalue weighted by Gasteiger charge is 2.22. The Kier molecular flexibility index (Phi) is 6.56. The first-order chi connectivity index (χ1) is 18.0. The molecule has 1 atom stereocenters. The number of aryl methyl sites for hydroxylation is 1. The minimum absolute atomic E-state index is 0.158. The van der Waals surface area contributed by atoms with Gasteiger partial charge in [0.2, 0.25) is 5.95 Å². The highest BCUT2D eigenvalue weighted by molar-refractivity contribution is 6.33. The molecule has 0 unspecified atom stereocenters. The van der Waals surface area contributed by atoms with Crippen LogP contribution in [-0.2, 0) is 16.0 Å². The van der Waals surface area contributed by atoms with Gasteiger partial charge in [-0.2, -0.15) is 4.98 Å². The average Bonchev–Trinajstić information content (AvgIpc) is 2.88. The zero-order valence-corrected chi connectivity index (χ0v) is 21.0. The molecule has 0 aliphatic carbocycles. The number of aromatic nitrogens is 5. The number of nitrogens with zero attached hydrogens (tertiary/aromatic N) is 5.